The molecule has 2 fully saturated rings. The van der Waals surface area contributed by atoms with Crippen molar-refractivity contribution in [2.24, 2.45) is 0 Å². The van der Waals surface area contributed by atoms with Crippen LogP contribution in [0.2, 0.25) is 0 Å². The maximum Gasteiger partial charge on any atom is 0.164 e. The molecule has 0 spiro atoms. The Hall–Kier alpha value is -0.240. The van der Waals surface area contributed by atoms with Crippen molar-refractivity contribution in [3.05, 3.63) is 0 Å². The van der Waals surface area contributed by atoms with E-state index in [2.05, 4.69) is 0 Å². The maximum atomic E-state index is 10.2. The first-order valence-electron chi connectivity index (χ1n) is 6.35. The van der Waals surface area contributed by atoms with Crippen LogP contribution < -0.4 is 0 Å². The number of rotatable bonds is 2. The van der Waals surface area contributed by atoms with E-state index in [1.807, 2.05) is 6.92 Å². The van der Waals surface area contributed by atoms with Crippen molar-refractivity contribution >= 4 is 0 Å². The molecule has 0 aromatic rings. The Bertz CT molecular complexity index is 320. The number of ether oxygens (including phenoxy) is 2. The van der Waals surface area contributed by atoms with E-state index in [4.69, 9.17) is 9.47 Å². The quantitative estimate of drug-likeness (QED) is 0.516. The van der Waals surface area contributed by atoms with Crippen LogP contribution in [-0.2, 0) is 9.47 Å². The molecule has 1 aliphatic carbocycles. The van der Waals surface area contributed by atoms with E-state index in [9.17, 15) is 20.4 Å². The third-order valence-corrected chi connectivity index (χ3v) is 3.80. The van der Waals surface area contributed by atoms with Crippen LogP contribution in [0.4, 0.5) is 0 Å². The molecule has 1 aliphatic heterocycles. The summed E-state index contributed by atoms with van der Waals surface area (Å²) < 4.78 is 11.4. The molecule has 6 atom stereocenters. The molecule has 4 N–H and O–H groups in total. The van der Waals surface area contributed by atoms with Crippen LogP contribution >= 0.6 is 0 Å². The van der Waals surface area contributed by atoms with E-state index in [-0.39, 0.29) is 0 Å². The molecule has 0 amide bonds. The van der Waals surface area contributed by atoms with Gasteiger partial charge in [-0.15, -0.1) is 0 Å². The van der Waals surface area contributed by atoms with Crippen LogP contribution in [0.5, 0.6) is 0 Å². The van der Waals surface area contributed by atoms with Gasteiger partial charge in [0.2, 0.25) is 0 Å². The Balaban J connectivity index is 2.40. The molecular formula is C12H22O6. The molecule has 2 aliphatic rings. The zero-order chi connectivity index (χ0) is 13.7. The predicted octanol–water partition coefficient (Wildman–Crippen LogP) is -0.866. The third kappa shape index (κ3) is 1.88. The Labute approximate surface area is 106 Å². The highest BCUT2D eigenvalue weighted by Gasteiger charge is 2.66. The standard InChI is InChI=1S/C12H22O6/c1-4-5-12-9(16)7(14)6(13)8(15)10(12)17-11(2,3)18-12/h6-10,13-16H,4-5H2,1-3H3/t6-,7-,8+,9+,10-,12+/m0/s1. The van der Waals surface area contributed by atoms with Gasteiger partial charge in [-0.3, -0.25) is 0 Å². The van der Waals surface area contributed by atoms with Gasteiger partial charge in [0.15, 0.2) is 5.79 Å². The van der Waals surface area contributed by atoms with Crippen molar-refractivity contribution in [2.45, 2.75) is 75.5 Å². The minimum atomic E-state index is -1.44. The summed E-state index contributed by atoms with van der Waals surface area (Å²) in [6.07, 6.45) is -5.17. The lowest BCUT2D eigenvalue weighted by atomic mass is 9.72. The summed E-state index contributed by atoms with van der Waals surface area (Å²) in [5.41, 5.74) is -1.17. The Morgan fingerprint density at radius 3 is 2.17 bits per heavy atom. The molecule has 6 nitrogen and oxygen atoms in total. The molecule has 2 rings (SSSR count). The fourth-order valence-corrected chi connectivity index (χ4v) is 3.12. The van der Waals surface area contributed by atoms with Gasteiger partial charge in [-0.25, -0.2) is 0 Å². The van der Waals surface area contributed by atoms with Crippen LogP contribution in [-0.4, -0.2) is 62.3 Å². The zero-order valence-electron chi connectivity index (χ0n) is 10.9. The summed E-state index contributed by atoms with van der Waals surface area (Å²) >= 11 is 0. The molecule has 1 saturated heterocycles. The van der Waals surface area contributed by atoms with E-state index in [1.165, 1.54) is 0 Å². The van der Waals surface area contributed by atoms with Gasteiger partial charge in [0.1, 0.15) is 36.1 Å². The summed E-state index contributed by atoms with van der Waals surface area (Å²) in [6.45, 7) is 5.28. The van der Waals surface area contributed by atoms with Gasteiger partial charge >= 0.3 is 0 Å². The van der Waals surface area contributed by atoms with Crippen molar-refractivity contribution in [3.8, 4) is 0 Å². The molecule has 1 saturated carbocycles. The molecule has 0 bridgehead atoms. The van der Waals surface area contributed by atoms with Gasteiger partial charge in [-0.2, -0.15) is 0 Å². The van der Waals surface area contributed by atoms with Gasteiger partial charge in [0, 0.05) is 0 Å². The number of aliphatic hydroxyl groups excluding tert-OH is 4. The van der Waals surface area contributed by atoms with Crippen molar-refractivity contribution < 1.29 is 29.9 Å². The lowest BCUT2D eigenvalue weighted by Crippen LogP contribution is -2.69. The van der Waals surface area contributed by atoms with Crippen LogP contribution in [0.1, 0.15) is 33.6 Å². The number of aliphatic hydroxyl groups is 4. The second kappa shape index (κ2) is 4.40. The first-order chi connectivity index (χ1) is 8.25. The molecule has 0 aromatic heterocycles. The lowest BCUT2D eigenvalue weighted by Gasteiger charge is -2.47. The summed E-state index contributed by atoms with van der Waals surface area (Å²) in [4.78, 5) is 0. The second-order valence-corrected chi connectivity index (χ2v) is 5.66. The smallest absolute Gasteiger partial charge is 0.164 e. The van der Waals surface area contributed by atoms with Gasteiger partial charge in [-0.1, -0.05) is 13.3 Å². The summed E-state index contributed by atoms with van der Waals surface area (Å²) in [7, 11) is 0. The highest BCUT2D eigenvalue weighted by Crippen LogP contribution is 2.47. The molecule has 18 heavy (non-hydrogen) atoms. The van der Waals surface area contributed by atoms with Crippen molar-refractivity contribution in [1.29, 1.82) is 0 Å². The molecule has 106 valence electrons. The molecule has 6 heteroatoms. The maximum absolute atomic E-state index is 10.2. The molecular weight excluding hydrogens is 240 g/mol. The van der Waals surface area contributed by atoms with Crippen LogP contribution in [0.25, 0.3) is 0 Å². The first kappa shape index (κ1) is 14.2. The normalized spacial score (nSPS) is 51.2. The monoisotopic (exact) mass is 262 g/mol. The summed E-state index contributed by atoms with van der Waals surface area (Å²) in [5.74, 6) is -0.967. The predicted molar refractivity (Wildman–Crippen MR) is 61.7 cm³/mol. The van der Waals surface area contributed by atoms with E-state index in [0.29, 0.717) is 12.8 Å². The third-order valence-electron chi connectivity index (χ3n) is 3.80. The van der Waals surface area contributed by atoms with E-state index in [1.54, 1.807) is 13.8 Å². The van der Waals surface area contributed by atoms with Crippen molar-refractivity contribution in [3.63, 3.8) is 0 Å². The average Bonchev–Trinajstić information content (AvgIpc) is 2.57. The van der Waals surface area contributed by atoms with Crippen LogP contribution in [0.15, 0.2) is 0 Å². The van der Waals surface area contributed by atoms with Gasteiger partial charge in [-0.05, 0) is 20.3 Å². The highest BCUT2D eigenvalue weighted by atomic mass is 16.8. The van der Waals surface area contributed by atoms with Crippen LogP contribution in [0, 0.1) is 0 Å². The van der Waals surface area contributed by atoms with Crippen LogP contribution in [0.3, 0.4) is 0 Å². The van der Waals surface area contributed by atoms with E-state index in [0.717, 1.165) is 0 Å². The zero-order valence-corrected chi connectivity index (χ0v) is 10.9. The average molecular weight is 262 g/mol. The molecule has 1 heterocycles. The van der Waals surface area contributed by atoms with Gasteiger partial charge in [0.05, 0.1) is 0 Å². The minimum Gasteiger partial charge on any atom is -0.387 e. The fourth-order valence-electron chi connectivity index (χ4n) is 3.12. The Morgan fingerprint density at radius 2 is 1.61 bits per heavy atom. The van der Waals surface area contributed by atoms with Gasteiger partial charge in [0.25, 0.3) is 0 Å². The van der Waals surface area contributed by atoms with Crippen molar-refractivity contribution in [1.82, 2.24) is 0 Å². The fraction of sp³-hybridized carbons (Fsp3) is 1.00. The number of hydrogen-bond acceptors (Lipinski definition) is 6. The van der Waals surface area contributed by atoms with E-state index >= 15 is 0 Å². The largest absolute Gasteiger partial charge is 0.387 e. The number of hydrogen-bond donors (Lipinski definition) is 4. The van der Waals surface area contributed by atoms with Crippen molar-refractivity contribution in [2.75, 3.05) is 0 Å². The molecule has 0 aromatic carbocycles. The minimum absolute atomic E-state index is 0.434. The SMILES string of the molecule is CCC[C@]12OC(C)(C)O[C@H]1[C@H](O)[C@@H](O)[C@H](O)[C@H]2O. The second-order valence-electron chi connectivity index (χ2n) is 5.66. The highest BCUT2D eigenvalue weighted by molar-refractivity contribution is 5.13. The van der Waals surface area contributed by atoms with E-state index < -0.39 is 41.9 Å². The first-order valence-corrected chi connectivity index (χ1v) is 6.35. The summed E-state index contributed by atoms with van der Waals surface area (Å²) in [5, 5.41) is 39.8. The van der Waals surface area contributed by atoms with Gasteiger partial charge < -0.3 is 29.9 Å². The lowest BCUT2D eigenvalue weighted by molar-refractivity contribution is -0.238. The molecule has 0 unspecified atom stereocenters. The Kier molecular flexibility index (Phi) is 3.46. The topological polar surface area (TPSA) is 99.4 Å². The molecule has 0 radical (unpaired) electrons. The number of fused-ring (bicyclic) bond motifs is 1. The Morgan fingerprint density at radius 1 is 1.00 bits per heavy atom. The summed E-state index contributed by atoms with van der Waals surface area (Å²) in [6, 6.07) is 0.